The van der Waals surface area contributed by atoms with Gasteiger partial charge in [0.1, 0.15) is 5.52 Å². The SMILES string of the molecule is CC(C)CNC(=O)c1cccc2[nH]cnc12. The molecule has 16 heavy (non-hydrogen) atoms. The summed E-state index contributed by atoms with van der Waals surface area (Å²) < 4.78 is 0. The van der Waals surface area contributed by atoms with Crippen molar-refractivity contribution in [2.75, 3.05) is 6.54 Å². The van der Waals surface area contributed by atoms with Gasteiger partial charge in [-0.05, 0) is 18.1 Å². The van der Waals surface area contributed by atoms with E-state index in [1.807, 2.05) is 12.1 Å². The van der Waals surface area contributed by atoms with Crippen LogP contribution in [-0.4, -0.2) is 22.4 Å². The Morgan fingerprint density at radius 3 is 3.06 bits per heavy atom. The van der Waals surface area contributed by atoms with Crippen LogP contribution in [0.5, 0.6) is 0 Å². The minimum absolute atomic E-state index is 0.0635. The number of benzene rings is 1. The summed E-state index contributed by atoms with van der Waals surface area (Å²) in [6.45, 7) is 4.81. The van der Waals surface area contributed by atoms with Gasteiger partial charge in [0.2, 0.25) is 0 Å². The van der Waals surface area contributed by atoms with E-state index in [1.165, 1.54) is 0 Å². The number of aromatic amines is 1. The standard InChI is InChI=1S/C12H15N3O/c1-8(2)6-13-12(16)9-4-3-5-10-11(9)15-7-14-10/h3-5,7-8H,6H2,1-2H3,(H,13,16)(H,14,15). The Bertz CT molecular complexity index is 502. The van der Waals surface area contributed by atoms with Crippen LogP contribution in [0.4, 0.5) is 0 Å². The van der Waals surface area contributed by atoms with Gasteiger partial charge in [0, 0.05) is 6.54 Å². The van der Waals surface area contributed by atoms with Crippen molar-refractivity contribution >= 4 is 16.9 Å². The van der Waals surface area contributed by atoms with E-state index in [0.29, 0.717) is 18.0 Å². The summed E-state index contributed by atoms with van der Waals surface area (Å²) in [5, 5.41) is 2.89. The summed E-state index contributed by atoms with van der Waals surface area (Å²) in [6.07, 6.45) is 1.60. The average Bonchev–Trinajstić information content (AvgIpc) is 2.73. The van der Waals surface area contributed by atoms with Gasteiger partial charge in [-0.3, -0.25) is 4.79 Å². The lowest BCUT2D eigenvalue weighted by molar-refractivity contribution is 0.0950. The fourth-order valence-corrected chi connectivity index (χ4v) is 1.54. The minimum atomic E-state index is -0.0635. The van der Waals surface area contributed by atoms with Crippen LogP contribution in [-0.2, 0) is 0 Å². The molecule has 4 heteroatoms. The van der Waals surface area contributed by atoms with E-state index >= 15 is 0 Å². The van der Waals surface area contributed by atoms with Gasteiger partial charge >= 0.3 is 0 Å². The summed E-state index contributed by atoms with van der Waals surface area (Å²) in [5.74, 6) is 0.383. The number of nitrogens with one attached hydrogen (secondary N) is 2. The zero-order valence-corrected chi connectivity index (χ0v) is 9.45. The topological polar surface area (TPSA) is 57.8 Å². The van der Waals surface area contributed by atoms with Crippen LogP contribution < -0.4 is 5.32 Å². The van der Waals surface area contributed by atoms with E-state index in [9.17, 15) is 4.79 Å². The van der Waals surface area contributed by atoms with E-state index in [0.717, 1.165) is 11.0 Å². The van der Waals surface area contributed by atoms with Crippen molar-refractivity contribution in [1.82, 2.24) is 15.3 Å². The molecule has 0 aliphatic rings. The number of carbonyl (C=O) groups excluding carboxylic acids is 1. The van der Waals surface area contributed by atoms with Gasteiger partial charge in [0.05, 0.1) is 17.4 Å². The van der Waals surface area contributed by atoms with Gasteiger partial charge in [0.15, 0.2) is 0 Å². The Kier molecular flexibility index (Phi) is 2.90. The Morgan fingerprint density at radius 2 is 2.31 bits per heavy atom. The van der Waals surface area contributed by atoms with Crippen molar-refractivity contribution in [1.29, 1.82) is 0 Å². The molecular formula is C12H15N3O. The van der Waals surface area contributed by atoms with Crippen LogP contribution >= 0.6 is 0 Å². The van der Waals surface area contributed by atoms with Gasteiger partial charge in [-0.2, -0.15) is 0 Å². The lowest BCUT2D eigenvalue weighted by Crippen LogP contribution is -2.27. The van der Waals surface area contributed by atoms with Crippen LogP contribution in [0.2, 0.25) is 0 Å². The molecule has 0 unspecified atom stereocenters. The number of imidazole rings is 1. The fraction of sp³-hybridized carbons (Fsp3) is 0.333. The average molecular weight is 217 g/mol. The first-order valence-electron chi connectivity index (χ1n) is 5.39. The van der Waals surface area contributed by atoms with E-state index < -0.39 is 0 Å². The quantitative estimate of drug-likeness (QED) is 0.825. The molecule has 2 aromatic rings. The highest BCUT2D eigenvalue weighted by atomic mass is 16.1. The van der Waals surface area contributed by atoms with Gasteiger partial charge in [-0.15, -0.1) is 0 Å². The highest BCUT2D eigenvalue weighted by Crippen LogP contribution is 2.14. The molecular weight excluding hydrogens is 202 g/mol. The molecule has 84 valence electrons. The summed E-state index contributed by atoms with van der Waals surface area (Å²) in [4.78, 5) is 19.0. The molecule has 1 aromatic heterocycles. The summed E-state index contributed by atoms with van der Waals surface area (Å²) in [6, 6.07) is 5.55. The highest BCUT2D eigenvalue weighted by Gasteiger charge is 2.11. The second-order valence-corrected chi connectivity index (χ2v) is 4.21. The third-order valence-corrected chi connectivity index (χ3v) is 2.37. The molecule has 0 saturated heterocycles. The maximum atomic E-state index is 11.9. The lowest BCUT2D eigenvalue weighted by Gasteiger charge is -2.07. The Hall–Kier alpha value is -1.84. The van der Waals surface area contributed by atoms with Crippen molar-refractivity contribution in [3.05, 3.63) is 30.1 Å². The molecule has 2 rings (SSSR count). The molecule has 1 aromatic carbocycles. The number of fused-ring (bicyclic) bond motifs is 1. The molecule has 0 fully saturated rings. The molecule has 2 N–H and O–H groups in total. The zero-order chi connectivity index (χ0) is 11.5. The van der Waals surface area contributed by atoms with Crippen LogP contribution in [0, 0.1) is 5.92 Å². The van der Waals surface area contributed by atoms with E-state index in [2.05, 4.69) is 29.1 Å². The molecule has 0 atom stereocenters. The number of hydrogen-bond acceptors (Lipinski definition) is 2. The van der Waals surface area contributed by atoms with Crippen LogP contribution in [0.15, 0.2) is 24.5 Å². The molecule has 0 saturated carbocycles. The number of para-hydroxylation sites is 1. The van der Waals surface area contributed by atoms with Gasteiger partial charge in [-0.25, -0.2) is 4.98 Å². The first-order chi connectivity index (χ1) is 7.68. The van der Waals surface area contributed by atoms with Gasteiger partial charge in [0.25, 0.3) is 5.91 Å². The smallest absolute Gasteiger partial charge is 0.253 e. The molecule has 1 amide bonds. The molecule has 0 bridgehead atoms. The van der Waals surface area contributed by atoms with E-state index in [-0.39, 0.29) is 5.91 Å². The molecule has 1 heterocycles. The number of nitrogens with zero attached hydrogens (tertiary/aromatic N) is 1. The van der Waals surface area contributed by atoms with Crippen LogP contribution in [0.25, 0.3) is 11.0 Å². The third-order valence-electron chi connectivity index (χ3n) is 2.37. The second-order valence-electron chi connectivity index (χ2n) is 4.21. The number of H-pyrrole nitrogens is 1. The summed E-state index contributed by atoms with van der Waals surface area (Å²) in [5.41, 5.74) is 2.24. The van der Waals surface area contributed by atoms with Crippen molar-refractivity contribution < 1.29 is 4.79 Å². The largest absolute Gasteiger partial charge is 0.352 e. The number of amides is 1. The zero-order valence-electron chi connectivity index (χ0n) is 9.45. The highest BCUT2D eigenvalue weighted by molar-refractivity contribution is 6.04. The van der Waals surface area contributed by atoms with Crippen molar-refractivity contribution in [3.63, 3.8) is 0 Å². The number of hydrogen-bond donors (Lipinski definition) is 2. The molecule has 0 aliphatic carbocycles. The first kappa shape index (κ1) is 10.7. The van der Waals surface area contributed by atoms with Crippen LogP contribution in [0.3, 0.4) is 0 Å². The molecule has 0 radical (unpaired) electrons. The number of aromatic nitrogens is 2. The Morgan fingerprint density at radius 1 is 1.50 bits per heavy atom. The van der Waals surface area contributed by atoms with E-state index in [4.69, 9.17) is 0 Å². The van der Waals surface area contributed by atoms with Gasteiger partial charge in [-0.1, -0.05) is 19.9 Å². The maximum Gasteiger partial charge on any atom is 0.253 e. The molecule has 4 nitrogen and oxygen atoms in total. The molecule has 0 spiro atoms. The monoisotopic (exact) mass is 217 g/mol. The third kappa shape index (κ3) is 2.05. The maximum absolute atomic E-state index is 11.9. The molecule has 0 aliphatic heterocycles. The Balaban J connectivity index is 2.25. The van der Waals surface area contributed by atoms with E-state index in [1.54, 1.807) is 12.4 Å². The normalized spacial score (nSPS) is 10.9. The van der Waals surface area contributed by atoms with Crippen LogP contribution in [0.1, 0.15) is 24.2 Å². The predicted octanol–water partition coefficient (Wildman–Crippen LogP) is 1.95. The van der Waals surface area contributed by atoms with Crippen molar-refractivity contribution in [2.24, 2.45) is 5.92 Å². The lowest BCUT2D eigenvalue weighted by atomic mass is 10.1. The minimum Gasteiger partial charge on any atom is -0.352 e. The van der Waals surface area contributed by atoms with Crippen molar-refractivity contribution in [3.8, 4) is 0 Å². The van der Waals surface area contributed by atoms with Crippen molar-refractivity contribution in [2.45, 2.75) is 13.8 Å². The summed E-state index contributed by atoms with van der Waals surface area (Å²) in [7, 11) is 0. The number of carbonyl (C=O) groups is 1. The predicted molar refractivity (Wildman–Crippen MR) is 63.3 cm³/mol. The Labute approximate surface area is 94.1 Å². The second kappa shape index (κ2) is 4.35. The van der Waals surface area contributed by atoms with Gasteiger partial charge < -0.3 is 10.3 Å². The number of rotatable bonds is 3. The first-order valence-corrected chi connectivity index (χ1v) is 5.39. The fourth-order valence-electron chi connectivity index (χ4n) is 1.54. The summed E-state index contributed by atoms with van der Waals surface area (Å²) >= 11 is 0.